The molecule has 0 saturated carbocycles. The summed E-state index contributed by atoms with van der Waals surface area (Å²) in [5.41, 5.74) is 1.21. The number of hydrogen-bond donors (Lipinski definition) is 1. The van der Waals surface area contributed by atoms with E-state index in [0.29, 0.717) is 17.0 Å². The van der Waals surface area contributed by atoms with Crippen molar-refractivity contribution in [1.29, 1.82) is 0 Å². The number of ketones is 1. The first-order chi connectivity index (χ1) is 7.61. The number of aromatic hydroxyl groups is 1. The fourth-order valence-corrected chi connectivity index (χ4v) is 1.61. The number of phenols is 1. The van der Waals surface area contributed by atoms with E-state index in [2.05, 4.69) is 5.16 Å². The smallest absolute Gasteiger partial charge is 0.202 e. The largest absolute Gasteiger partial charge is 0.507 e. The zero-order chi connectivity index (χ0) is 11.7. The van der Waals surface area contributed by atoms with Gasteiger partial charge < -0.3 is 9.63 Å². The molecule has 82 valence electrons. The van der Waals surface area contributed by atoms with Crippen LogP contribution < -0.4 is 0 Å². The molecule has 0 fully saturated rings. The summed E-state index contributed by atoms with van der Waals surface area (Å²) >= 11 is 0. The van der Waals surface area contributed by atoms with Crippen LogP contribution in [0.1, 0.15) is 27.4 Å². The Kier molecular flexibility index (Phi) is 2.48. The third kappa shape index (κ3) is 1.58. The first kappa shape index (κ1) is 10.4. The van der Waals surface area contributed by atoms with E-state index in [0.717, 1.165) is 0 Å². The lowest BCUT2D eigenvalue weighted by Gasteiger charge is -2.02. The maximum Gasteiger partial charge on any atom is 0.202 e. The quantitative estimate of drug-likeness (QED) is 0.783. The summed E-state index contributed by atoms with van der Waals surface area (Å²) < 4.78 is 4.93. The molecule has 1 aromatic carbocycles. The minimum absolute atomic E-state index is 0.0347. The van der Waals surface area contributed by atoms with Crippen molar-refractivity contribution in [3.8, 4) is 5.75 Å². The van der Waals surface area contributed by atoms with Gasteiger partial charge >= 0.3 is 0 Å². The van der Waals surface area contributed by atoms with Crippen molar-refractivity contribution < 1.29 is 14.4 Å². The number of para-hydroxylation sites is 1. The Morgan fingerprint density at radius 2 is 2.00 bits per heavy atom. The van der Waals surface area contributed by atoms with Crippen molar-refractivity contribution in [1.82, 2.24) is 5.16 Å². The van der Waals surface area contributed by atoms with E-state index in [1.807, 2.05) is 0 Å². The van der Waals surface area contributed by atoms with Gasteiger partial charge in [-0.15, -0.1) is 0 Å². The van der Waals surface area contributed by atoms with Gasteiger partial charge in [-0.25, -0.2) is 0 Å². The lowest BCUT2D eigenvalue weighted by Crippen LogP contribution is -2.03. The van der Waals surface area contributed by atoms with Crippen LogP contribution in [0.5, 0.6) is 5.75 Å². The van der Waals surface area contributed by atoms with Crippen LogP contribution in [-0.4, -0.2) is 16.0 Å². The van der Waals surface area contributed by atoms with Crippen molar-refractivity contribution in [2.75, 3.05) is 0 Å². The summed E-state index contributed by atoms with van der Waals surface area (Å²) in [6.45, 7) is 3.37. The Labute approximate surface area is 92.5 Å². The molecule has 0 saturated heterocycles. The number of hydrogen-bond acceptors (Lipinski definition) is 4. The molecule has 0 bridgehead atoms. The van der Waals surface area contributed by atoms with E-state index in [1.54, 1.807) is 32.0 Å². The second kappa shape index (κ2) is 3.81. The van der Waals surface area contributed by atoms with Gasteiger partial charge in [-0.1, -0.05) is 17.3 Å². The summed E-state index contributed by atoms with van der Waals surface area (Å²) in [6, 6.07) is 6.42. The molecule has 0 atom stereocenters. The van der Waals surface area contributed by atoms with Gasteiger partial charge in [0.15, 0.2) is 0 Å². The van der Waals surface area contributed by atoms with Crippen LogP contribution in [0.4, 0.5) is 0 Å². The van der Waals surface area contributed by atoms with E-state index in [4.69, 9.17) is 4.52 Å². The van der Waals surface area contributed by atoms with Gasteiger partial charge in [-0.2, -0.15) is 0 Å². The van der Waals surface area contributed by atoms with Gasteiger partial charge in [0.1, 0.15) is 11.5 Å². The zero-order valence-electron chi connectivity index (χ0n) is 9.02. The average molecular weight is 217 g/mol. The van der Waals surface area contributed by atoms with Crippen molar-refractivity contribution in [3.05, 3.63) is 46.8 Å². The van der Waals surface area contributed by atoms with Crippen LogP contribution in [0.15, 0.2) is 28.8 Å². The Bertz CT molecular complexity index is 523. The number of nitrogens with zero attached hydrogens (tertiary/aromatic N) is 1. The molecule has 0 amide bonds. The Morgan fingerprint density at radius 1 is 1.31 bits per heavy atom. The summed E-state index contributed by atoms with van der Waals surface area (Å²) in [6.07, 6.45) is 0. The van der Waals surface area contributed by atoms with Crippen LogP contribution >= 0.6 is 0 Å². The van der Waals surface area contributed by atoms with Crippen LogP contribution in [0, 0.1) is 13.8 Å². The standard InChI is InChI=1S/C12H11NO3/c1-7-11(8(2)16-13-7)12(15)9-5-3-4-6-10(9)14/h3-6,14H,1-2H3. The third-order valence-electron chi connectivity index (χ3n) is 2.41. The minimum atomic E-state index is -0.269. The first-order valence-corrected chi connectivity index (χ1v) is 4.87. The second-order valence-corrected chi connectivity index (χ2v) is 3.55. The molecule has 1 N–H and O–H groups in total. The Hall–Kier alpha value is -2.10. The van der Waals surface area contributed by atoms with Crippen LogP contribution in [0.2, 0.25) is 0 Å². The average Bonchev–Trinajstić information content (AvgIpc) is 2.58. The summed E-state index contributed by atoms with van der Waals surface area (Å²) in [5.74, 6) is 0.160. The lowest BCUT2D eigenvalue weighted by molar-refractivity contribution is 0.103. The number of aryl methyl sites for hydroxylation is 2. The number of carbonyl (C=O) groups is 1. The summed E-state index contributed by atoms with van der Waals surface area (Å²) in [7, 11) is 0. The van der Waals surface area contributed by atoms with Crippen molar-refractivity contribution >= 4 is 5.78 Å². The van der Waals surface area contributed by atoms with Crippen LogP contribution in [0.25, 0.3) is 0 Å². The predicted octanol–water partition coefficient (Wildman–Crippen LogP) is 2.23. The molecule has 2 aromatic rings. The SMILES string of the molecule is Cc1noc(C)c1C(=O)c1ccccc1O. The molecular formula is C12H11NO3. The zero-order valence-corrected chi connectivity index (χ0v) is 9.02. The molecule has 0 unspecified atom stereocenters. The second-order valence-electron chi connectivity index (χ2n) is 3.55. The normalized spacial score (nSPS) is 10.4. The van der Waals surface area contributed by atoms with Crippen LogP contribution in [0.3, 0.4) is 0 Å². The van der Waals surface area contributed by atoms with Gasteiger partial charge in [-0.05, 0) is 26.0 Å². The molecular weight excluding hydrogens is 206 g/mol. The first-order valence-electron chi connectivity index (χ1n) is 4.87. The van der Waals surface area contributed by atoms with Crippen molar-refractivity contribution in [2.45, 2.75) is 13.8 Å². The fourth-order valence-electron chi connectivity index (χ4n) is 1.61. The van der Waals surface area contributed by atoms with E-state index in [1.165, 1.54) is 6.07 Å². The van der Waals surface area contributed by atoms with E-state index in [-0.39, 0.29) is 17.1 Å². The maximum absolute atomic E-state index is 12.1. The maximum atomic E-state index is 12.1. The van der Waals surface area contributed by atoms with E-state index >= 15 is 0 Å². The van der Waals surface area contributed by atoms with Crippen molar-refractivity contribution in [2.24, 2.45) is 0 Å². The van der Waals surface area contributed by atoms with Crippen LogP contribution in [-0.2, 0) is 0 Å². The summed E-state index contributed by atoms with van der Waals surface area (Å²) in [5, 5.41) is 13.3. The molecule has 2 rings (SSSR count). The van der Waals surface area contributed by atoms with E-state index in [9.17, 15) is 9.90 Å². The molecule has 16 heavy (non-hydrogen) atoms. The number of benzene rings is 1. The molecule has 4 nitrogen and oxygen atoms in total. The highest BCUT2D eigenvalue weighted by molar-refractivity contribution is 6.11. The van der Waals surface area contributed by atoms with Gasteiger partial charge in [0.2, 0.25) is 5.78 Å². The monoisotopic (exact) mass is 217 g/mol. The number of rotatable bonds is 2. The molecule has 0 radical (unpaired) electrons. The topological polar surface area (TPSA) is 63.3 Å². The number of phenolic OH excluding ortho intramolecular Hbond substituents is 1. The fraction of sp³-hybridized carbons (Fsp3) is 0.167. The highest BCUT2D eigenvalue weighted by Gasteiger charge is 2.20. The van der Waals surface area contributed by atoms with Gasteiger partial charge in [0.05, 0.1) is 16.8 Å². The third-order valence-corrected chi connectivity index (χ3v) is 2.41. The Morgan fingerprint density at radius 3 is 2.56 bits per heavy atom. The minimum Gasteiger partial charge on any atom is -0.507 e. The summed E-state index contributed by atoms with van der Waals surface area (Å²) in [4.78, 5) is 12.1. The molecule has 0 spiro atoms. The highest BCUT2D eigenvalue weighted by Crippen LogP contribution is 2.23. The molecule has 4 heteroatoms. The lowest BCUT2D eigenvalue weighted by atomic mass is 10.0. The van der Waals surface area contributed by atoms with Crippen molar-refractivity contribution in [3.63, 3.8) is 0 Å². The van der Waals surface area contributed by atoms with Gasteiger partial charge in [0.25, 0.3) is 0 Å². The van der Waals surface area contributed by atoms with Gasteiger partial charge in [-0.3, -0.25) is 4.79 Å². The molecule has 1 aromatic heterocycles. The number of carbonyl (C=O) groups excluding carboxylic acids is 1. The number of aromatic nitrogens is 1. The Balaban J connectivity index is 2.52. The molecule has 0 aliphatic heterocycles. The predicted molar refractivity (Wildman–Crippen MR) is 57.5 cm³/mol. The van der Waals surface area contributed by atoms with E-state index < -0.39 is 0 Å². The molecule has 0 aliphatic rings. The molecule has 1 heterocycles. The van der Waals surface area contributed by atoms with Gasteiger partial charge in [0, 0.05) is 0 Å². The molecule has 0 aliphatic carbocycles. The highest BCUT2D eigenvalue weighted by atomic mass is 16.5.